The quantitative estimate of drug-likeness (QED) is 0.790. The zero-order valence-corrected chi connectivity index (χ0v) is 13.5. The Bertz CT molecular complexity index is 622. The van der Waals surface area contributed by atoms with E-state index in [4.69, 9.17) is 16.3 Å². The van der Waals surface area contributed by atoms with E-state index in [0.29, 0.717) is 17.4 Å². The highest BCUT2D eigenvalue weighted by Gasteiger charge is 2.04. The normalized spacial score (nSPS) is 10.4. The van der Waals surface area contributed by atoms with Crippen LogP contribution in [-0.2, 0) is 16.0 Å². The van der Waals surface area contributed by atoms with Crippen molar-refractivity contribution in [1.82, 2.24) is 4.98 Å². The van der Waals surface area contributed by atoms with Crippen LogP contribution >= 0.6 is 27.5 Å². The summed E-state index contributed by atoms with van der Waals surface area (Å²) in [6.07, 6.45) is 2.29. The molecule has 0 aliphatic carbocycles. The lowest BCUT2D eigenvalue weighted by atomic mass is 10.2. The number of nitrogens with one attached hydrogen (secondary N) is 1. The maximum atomic E-state index is 11.7. The van der Waals surface area contributed by atoms with E-state index in [2.05, 4.69) is 26.2 Å². The van der Waals surface area contributed by atoms with E-state index in [1.807, 2.05) is 24.3 Å². The number of halogens is 2. The van der Waals surface area contributed by atoms with Crippen molar-refractivity contribution in [2.75, 3.05) is 18.5 Å². The minimum atomic E-state index is -0.251. The first-order chi connectivity index (χ1) is 10.1. The third-order valence-electron chi connectivity index (χ3n) is 2.65. The Hall–Kier alpha value is -1.43. The van der Waals surface area contributed by atoms with Gasteiger partial charge in [-0.1, -0.05) is 39.7 Å². The van der Waals surface area contributed by atoms with E-state index in [1.165, 1.54) is 6.20 Å². The number of aromatic nitrogens is 1. The first kappa shape index (κ1) is 15.9. The number of rotatable bonds is 6. The topological polar surface area (TPSA) is 51.2 Å². The zero-order chi connectivity index (χ0) is 15.1. The average molecular weight is 370 g/mol. The number of carbonyl (C=O) groups is 1. The van der Waals surface area contributed by atoms with Crippen LogP contribution in [0.2, 0.25) is 5.02 Å². The molecule has 0 unspecified atom stereocenters. The number of hydrogen-bond acceptors (Lipinski definition) is 3. The Labute approximate surface area is 136 Å². The van der Waals surface area contributed by atoms with Gasteiger partial charge in [-0.2, -0.15) is 0 Å². The predicted molar refractivity (Wildman–Crippen MR) is 86.5 cm³/mol. The molecule has 0 saturated carbocycles. The molecule has 0 aliphatic heterocycles. The van der Waals surface area contributed by atoms with Gasteiger partial charge in [-0.25, -0.2) is 4.98 Å². The summed E-state index contributed by atoms with van der Waals surface area (Å²) in [6, 6.07) is 11.2. The molecule has 0 atom stereocenters. The summed E-state index contributed by atoms with van der Waals surface area (Å²) in [4.78, 5) is 15.7. The number of hydrogen-bond donors (Lipinski definition) is 1. The third kappa shape index (κ3) is 5.83. The Morgan fingerprint density at radius 3 is 2.95 bits per heavy atom. The van der Waals surface area contributed by atoms with Crippen molar-refractivity contribution in [3.8, 4) is 0 Å². The second-order valence-electron chi connectivity index (χ2n) is 4.34. The lowest BCUT2D eigenvalue weighted by Gasteiger charge is -2.06. The molecule has 4 nitrogen and oxygen atoms in total. The van der Waals surface area contributed by atoms with Gasteiger partial charge < -0.3 is 10.1 Å². The molecule has 1 aromatic heterocycles. The van der Waals surface area contributed by atoms with E-state index < -0.39 is 0 Å². The fraction of sp³-hybridized carbons (Fsp3) is 0.200. The molecule has 1 N–H and O–H groups in total. The SMILES string of the molecule is O=C(COCCc1cccc(Br)c1)Nc1cc(Cl)ccn1. The maximum absolute atomic E-state index is 11.7. The molecule has 0 bridgehead atoms. The first-order valence-corrected chi connectivity index (χ1v) is 7.54. The number of benzene rings is 1. The monoisotopic (exact) mass is 368 g/mol. The van der Waals surface area contributed by atoms with Crippen LogP contribution in [0.15, 0.2) is 47.1 Å². The first-order valence-electron chi connectivity index (χ1n) is 6.37. The minimum Gasteiger partial charge on any atom is -0.371 e. The molecule has 2 rings (SSSR count). The molecule has 0 saturated heterocycles. The Kier molecular flexibility index (Phi) is 6.17. The molecule has 0 radical (unpaired) electrons. The Morgan fingerprint density at radius 2 is 2.19 bits per heavy atom. The van der Waals surface area contributed by atoms with Crippen LogP contribution in [0.25, 0.3) is 0 Å². The number of ether oxygens (including phenoxy) is 1. The fourth-order valence-electron chi connectivity index (χ4n) is 1.70. The molecular weight excluding hydrogens is 356 g/mol. The van der Waals surface area contributed by atoms with Crippen molar-refractivity contribution < 1.29 is 9.53 Å². The largest absolute Gasteiger partial charge is 0.371 e. The summed E-state index contributed by atoms with van der Waals surface area (Å²) in [5.41, 5.74) is 1.15. The van der Waals surface area contributed by atoms with E-state index in [1.54, 1.807) is 12.1 Å². The van der Waals surface area contributed by atoms with Crippen molar-refractivity contribution >= 4 is 39.3 Å². The molecule has 2 aromatic rings. The predicted octanol–water partition coefficient (Wildman–Crippen LogP) is 3.70. The van der Waals surface area contributed by atoms with Gasteiger partial charge in [0.25, 0.3) is 5.91 Å². The van der Waals surface area contributed by atoms with Crippen molar-refractivity contribution in [2.45, 2.75) is 6.42 Å². The standard InChI is InChI=1S/C15H14BrClN2O2/c16-12-3-1-2-11(8-12)5-7-21-10-15(20)19-14-9-13(17)4-6-18-14/h1-4,6,8-9H,5,7,10H2,(H,18,19,20). The average Bonchev–Trinajstić information content (AvgIpc) is 2.44. The second kappa shape index (κ2) is 8.12. The van der Waals surface area contributed by atoms with Crippen LogP contribution < -0.4 is 5.32 Å². The van der Waals surface area contributed by atoms with Gasteiger partial charge in [0, 0.05) is 15.7 Å². The summed E-state index contributed by atoms with van der Waals surface area (Å²) in [6.45, 7) is 0.467. The molecule has 110 valence electrons. The smallest absolute Gasteiger partial charge is 0.251 e. The van der Waals surface area contributed by atoms with E-state index in [9.17, 15) is 4.79 Å². The van der Waals surface area contributed by atoms with Crippen molar-refractivity contribution in [1.29, 1.82) is 0 Å². The number of amides is 1. The van der Waals surface area contributed by atoms with E-state index in [-0.39, 0.29) is 12.5 Å². The number of carbonyl (C=O) groups excluding carboxylic acids is 1. The number of nitrogens with zero attached hydrogens (tertiary/aromatic N) is 1. The molecule has 0 spiro atoms. The molecular formula is C15H14BrClN2O2. The summed E-state index contributed by atoms with van der Waals surface area (Å²) in [5.74, 6) is 0.169. The van der Waals surface area contributed by atoms with Gasteiger partial charge >= 0.3 is 0 Å². The summed E-state index contributed by atoms with van der Waals surface area (Å²) in [5, 5.41) is 3.15. The van der Waals surface area contributed by atoms with Gasteiger partial charge in [0.15, 0.2) is 0 Å². The lowest BCUT2D eigenvalue weighted by molar-refractivity contribution is -0.120. The minimum absolute atomic E-state index is 0.0117. The van der Waals surface area contributed by atoms with E-state index >= 15 is 0 Å². The van der Waals surface area contributed by atoms with Crippen LogP contribution in [0.5, 0.6) is 0 Å². The van der Waals surface area contributed by atoms with Crippen molar-refractivity contribution in [3.63, 3.8) is 0 Å². The molecule has 21 heavy (non-hydrogen) atoms. The number of pyridine rings is 1. The lowest BCUT2D eigenvalue weighted by Crippen LogP contribution is -2.19. The van der Waals surface area contributed by atoms with Gasteiger partial charge in [-0.3, -0.25) is 4.79 Å². The van der Waals surface area contributed by atoms with Crippen LogP contribution in [-0.4, -0.2) is 24.1 Å². The second-order valence-corrected chi connectivity index (χ2v) is 5.69. The van der Waals surface area contributed by atoms with Crippen molar-refractivity contribution in [3.05, 3.63) is 57.7 Å². The molecule has 1 heterocycles. The molecule has 1 aromatic carbocycles. The Balaban J connectivity index is 1.70. The zero-order valence-electron chi connectivity index (χ0n) is 11.2. The van der Waals surface area contributed by atoms with Crippen LogP contribution in [0.4, 0.5) is 5.82 Å². The van der Waals surface area contributed by atoms with E-state index in [0.717, 1.165) is 16.5 Å². The highest BCUT2D eigenvalue weighted by Crippen LogP contribution is 2.12. The highest BCUT2D eigenvalue weighted by atomic mass is 79.9. The van der Waals surface area contributed by atoms with Gasteiger partial charge in [0.05, 0.1) is 6.61 Å². The Morgan fingerprint density at radius 1 is 1.33 bits per heavy atom. The highest BCUT2D eigenvalue weighted by molar-refractivity contribution is 9.10. The van der Waals surface area contributed by atoms with Crippen LogP contribution in [0, 0.1) is 0 Å². The van der Waals surface area contributed by atoms with Gasteiger partial charge in [0.2, 0.25) is 0 Å². The summed E-state index contributed by atoms with van der Waals surface area (Å²) >= 11 is 9.22. The maximum Gasteiger partial charge on any atom is 0.251 e. The van der Waals surface area contributed by atoms with Gasteiger partial charge in [-0.15, -0.1) is 0 Å². The molecule has 0 aliphatic rings. The summed E-state index contributed by atoms with van der Waals surface area (Å²) in [7, 11) is 0. The van der Waals surface area contributed by atoms with Gasteiger partial charge in [-0.05, 0) is 36.2 Å². The summed E-state index contributed by atoms with van der Waals surface area (Å²) < 4.78 is 6.39. The molecule has 6 heteroatoms. The fourth-order valence-corrected chi connectivity index (χ4v) is 2.31. The van der Waals surface area contributed by atoms with Gasteiger partial charge in [0.1, 0.15) is 12.4 Å². The van der Waals surface area contributed by atoms with Crippen LogP contribution in [0.3, 0.4) is 0 Å². The van der Waals surface area contributed by atoms with Crippen LogP contribution in [0.1, 0.15) is 5.56 Å². The van der Waals surface area contributed by atoms with Crippen molar-refractivity contribution in [2.24, 2.45) is 0 Å². The molecule has 0 fully saturated rings. The third-order valence-corrected chi connectivity index (χ3v) is 3.38. The molecule has 1 amide bonds. The number of anilines is 1.